The summed E-state index contributed by atoms with van der Waals surface area (Å²) in [5.41, 5.74) is 3.29. The van der Waals surface area contributed by atoms with Crippen LogP contribution < -0.4 is 10.1 Å². The predicted octanol–water partition coefficient (Wildman–Crippen LogP) is 3.81. The Bertz CT molecular complexity index is 725. The van der Waals surface area contributed by atoms with Gasteiger partial charge in [-0.05, 0) is 42.0 Å². The Morgan fingerprint density at radius 1 is 0.913 bits per heavy atom. The molecular formula is C19H19N3O. The van der Waals surface area contributed by atoms with Crippen molar-refractivity contribution in [1.82, 2.24) is 9.97 Å². The van der Waals surface area contributed by atoms with Crippen molar-refractivity contribution < 1.29 is 4.74 Å². The minimum absolute atomic E-state index is 0.811. The molecule has 0 aliphatic carbocycles. The highest BCUT2D eigenvalue weighted by Gasteiger charge is 2.00. The van der Waals surface area contributed by atoms with Crippen molar-refractivity contribution in [2.24, 2.45) is 0 Å². The van der Waals surface area contributed by atoms with Gasteiger partial charge in [0, 0.05) is 36.6 Å². The predicted molar refractivity (Wildman–Crippen MR) is 92.7 cm³/mol. The maximum atomic E-state index is 5.17. The molecule has 2 heterocycles. The number of nitrogens with zero attached hydrogens (tertiary/aromatic N) is 2. The van der Waals surface area contributed by atoms with E-state index in [9.17, 15) is 0 Å². The normalized spacial score (nSPS) is 10.3. The minimum atomic E-state index is 0.811. The van der Waals surface area contributed by atoms with E-state index < -0.39 is 0 Å². The zero-order valence-electron chi connectivity index (χ0n) is 13.1. The van der Waals surface area contributed by atoms with Crippen molar-refractivity contribution in [2.45, 2.75) is 6.42 Å². The van der Waals surface area contributed by atoms with E-state index in [1.807, 2.05) is 60.9 Å². The van der Waals surface area contributed by atoms with Crippen LogP contribution in [0, 0.1) is 0 Å². The molecule has 0 fully saturated rings. The van der Waals surface area contributed by atoms with E-state index in [0.29, 0.717) is 0 Å². The van der Waals surface area contributed by atoms with E-state index in [1.165, 1.54) is 0 Å². The average Bonchev–Trinajstić information content (AvgIpc) is 2.63. The van der Waals surface area contributed by atoms with E-state index in [-0.39, 0.29) is 0 Å². The molecule has 23 heavy (non-hydrogen) atoms. The number of nitrogens with one attached hydrogen (secondary N) is 1. The molecule has 0 unspecified atom stereocenters. The number of aromatic nitrogens is 2. The Kier molecular flexibility index (Phi) is 4.84. The summed E-state index contributed by atoms with van der Waals surface area (Å²) in [6, 6.07) is 18.0. The first-order chi connectivity index (χ1) is 11.3. The second-order valence-corrected chi connectivity index (χ2v) is 5.16. The van der Waals surface area contributed by atoms with Gasteiger partial charge in [0.05, 0.1) is 7.11 Å². The number of hydrogen-bond donors (Lipinski definition) is 1. The minimum Gasteiger partial charge on any atom is -0.497 e. The fourth-order valence-corrected chi connectivity index (χ4v) is 2.32. The number of methoxy groups -OCH3 is 1. The highest BCUT2D eigenvalue weighted by molar-refractivity contribution is 5.64. The summed E-state index contributed by atoms with van der Waals surface area (Å²) in [6.07, 6.45) is 4.57. The molecule has 1 N–H and O–H groups in total. The lowest BCUT2D eigenvalue weighted by Gasteiger charge is -2.07. The van der Waals surface area contributed by atoms with Crippen LogP contribution in [0.5, 0.6) is 5.75 Å². The molecule has 3 aromatic rings. The van der Waals surface area contributed by atoms with Crippen LogP contribution in [-0.2, 0) is 6.42 Å². The van der Waals surface area contributed by atoms with E-state index in [2.05, 4.69) is 21.4 Å². The van der Waals surface area contributed by atoms with Crippen LogP contribution in [0.2, 0.25) is 0 Å². The van der Waals surface area contributed by atoms with Crippen molar-refractivity contribution in [1.29, 1.82) is 0 Å². The number of hydrogen-bond acceptors (Lipinski definition) is 4. The van der Waals surface area contributed by atoms with Gasteiger partial charge in [0.1, 0.15) is 11.6 Å². The number of ether oxygens (including phenoxy) is 1. The van der Waals surface area contributed by atoms with Crippen molar-refractivity contribution >= 4 is 5.82 Å². The summed E-state index contributed by atoms with van der Waals surface area (Å²) in [6.45, 7) is 0.811. The van der Waals surface area contributed by atoms with Crippen molar-refractivity contribution in [3.63, 3.8) is 0 Å². The van der Waals surface area contributed by atoms with Gasteiger partial charge < -0.3 is 10.1 Å². The molecule has 0 spiro atoms. The molecule has 0 saturated carbocycles. The van der Waals surface area contributed by atoms with Crippen LogP contribution in [0.25, 0.3) is 11.1 Å². The van der Waals surface area contributed by atoms with Gasteiger partial charge >= 0.3 is 0 Å². The molecule has 3 rings (SSSR count). The smallest absolute Gasteiger partial charge is 0.125 e. The lowest BCUT2D eigenvalue weighted by molar-refractivity contribution is 0.415. The Hall–Kier alpha value is -2.88. The average molecular weight is 305 g/mol. The summed E-state index contributed by atoms with van der Waals surface area (Å²) in [4.78, 5) is 8.77. The van der Waals surface area contributed by atoms with Gasteiger partial charge in [-0.2, -0.15) is 0 Å². The van der Waals surface area contributed by atoms with Gasteiger partial charge in [0.2, 0.25) is 0 Å². The molecule has 2 aromatic heterocycles. The Balaban J connectivity index is 1.58. The van der Waals surface area contributed by atoms with Gasteiger partial charge in [0.15, 0.2) is 0 Å². The molecule has 0 amide bonds. The monoisotopic (exact) mass is 305 g/mol. The van der Waals surface area contributed by atoms with Crippen LogP contribution in [0.15, 0.2) is 67.0 Å². The van der Waals surface area contributed by atoms with E-state index in [4.69, 9.17) is 4.74 Å². The molecule has 0 aliphatic heterocycles. The maximum absolute atomic E-state index is 5.17. The van der Waals surface area contributed by atoms with Crippen LogP contribution in [0.3, 0.4) is 0 Å². The third-order valence-electron chi connectivity index (χ3n) is 3.60. The highest BCUT2D eigenvalue weighted by atomic mass is 16.5. The van der Waals surface area contributed by atoms with Crippen LogP contribution in [-0.4, -0.2) is 23.6 Å². The second kappa shape index (κ2) is 7.40. The van der Waals surface area contributed by atoms with Gasteiger partial charge in [-0.3, -0.25) is 4.98 Å². The molecule has 4 heteroatoms. The number of rotatable bonds is 6. The maximum Gasteiger partial charge on any atom is 0.125 e. The largest absolute Gasteiger partial charge is 0.497 e. The molecule has 0 atom stereocenters. The number of anilines is 1. The highest BCUT2D eigenvalue weighted by Crippen LogP contribution is 2.22. The zero-order valence-corrected chi connectivity index (χ0v) is 13.1. The van der Waals surface area contributed by atoms with E-state index >= 15 is 0 Å². The van der Waals surface area contributed by atoms with Crippen molar-refractivity contribution in [3.8, 4) is 16.9 Å². The first-order valence-corrected chi connectivity index (χ1v) is 7.59. The fourth-order valence-electron chi connectivity index (χ4n) is 2.32. The molecule has 1 aromatic carbocycles. The summed E-state index contributed by atoms with van der Waals surface area (Å²) in [5.74, 6) is 1.73. The molecule has 4 nitrogen and oxygen atoms in total. The summed E-state index contributed by atoms with van der Waals surface area (Å²) >= 11 is 0. The standard InChI is InChI=1S/C19H19N3O/c1-23-18-8-5-15(6-9-18)16-7-10-19(22-14-16)21-13-11-17-4-2-3-12-20-17/h2-10,12,14H,11,13H2,1H3,(H,21,22). The molecular weight excluding hydrogens is 286 g/mol. The third kappa shape index (κ3) is 4.07. The molecule has 0 saturated heterocycles. The van der Waals surface area contributed by atoms with E-state index in [0.717, 1.165) is 41.4 Å². The van der Waals surface area contributed by atoms with Gasteiger partial charge in [-0.25, -0.2) is 4.98 Å². The summed E-state index contributed by atoms with van der Waals surface area (Å²) in [7, 11) is 1.67. The van der Waals surface area contributed by atoms with Crippen molar-refractivity contribution in [3.05, 3.63) is 72.7 Å². The summed E-state index contributed by atoms with van der Waals surface area (Å²) in [5, 5.41) is 3.32. The van der Waals surface area contributed by atoms with Gasteiger partial charge in [-0.15, -0.1) is 0 Å². The fraction of sp³-hybridized carbons (Fsp3) is 0.158. The SMILES string of the molecule is COc1ccc(-c2ccc(NCCc3ccccn3)nc2)cc1. The Morgan fingerprint density at radius 3 is 2.39 bits per heavy atom. The quantitative estimate of drug-likeness (QED) is 0.752. The van der Waals surface area contributed by atoms with Crippen LogP contribution >= 0.6 is 0 Å². The summed E-state index contributed by atoms with van der Waals surface area (Å²) < 4.78 is 5.17. The molecule has 0 radical (unpaired) electrons. The van der Waals surface area contributed by atoms with Gasteiger partial charge in [-0.1, -0.05) is 18.2 Å². The van der Waals surface area contributed by atoms with Gasteiger partial charge in [0.25, 0.3) is 0 Å². The molecule has 0 bridgehead atoms. The lowest BCUT2D eigenvalue weighted by atomic mass is 10.1. The first-order valence-electron chi connectivity index (χ1n) is 7.59. The zero-order chi connectivity index (χ0) is 15.9. The number of pyridine rings is 2. The second-order valence-electron chi connectivity index (χ2n) is 5.16. The third-order valence-corrected chi connectivity index (χ3v) is 3.60. The lowest BCUT2D eigenvalue weighted by Crippen LogP contribution is -2.06. The van der Waals surface area contributed by atoms with Crippen molar-refractivity contribution in [2.75, 3.05) is 19.0 Å². The molecule has 116 valence electrons. The Morgan fingerprint density at radius 2 is 1.74 bits per heavy atom. The first kappa shape index (κ1) is 15.0. The van der Waals surface area contributed by atoms with Crippen LogP contribution in [0.4, 0.5) is 5.82 Å². The molecule has 0 aliphatic rings. The topological polar surface area (TPSA) is 47.0 Å². The van der Waals surface area contributed by atoms with Crippen LogP contribution in [0.1, 0.15) is 5.69 Å². The van der Waals surface area contributed by atoms with E-state index in [1.54, 1.807) is 7.11 Å². The Labute approximate surface area is 136 Å². The number of benzene rings is 1.